The van der Waals surface area contributed by atoms with Crippen molar-refractivity contribution >= 4 is 17.1 Å². The maximum atomic E-state index is 6.08. The molecule has 3 nitrogen and oxygen atoms in total. The van der Waals surface area contributed by atoms with Crippen LogP contribution in [0.1, 0.15) is 25.7 Å². The van der Waals surface area contributed by atoms with Crippen LogP contribution in [0.2, 0.25) is 0 Å². The molecule has 1 aromatic rings. The molecule has 0 bridgehead atoms. The Labute approximate surface area is 96.6 Å². The first-order chi connectivity index (χ1) is 7.83. The molecule has 1 aliphatic carbocycles. The van der Waals surface area contributed by atoms with Gasteiger partial charge in [0.1, 0.15) is 0 Å². The van der Waals surface area contributed by atoms with Gasteiger partial charge in [-0.2, -0.15) is 0 Å². The van der Waals surface area contributed by atoms with E-state index in [9.17, 15) is 0 Å². The Hall–Kier alpha value is -1.38. The van der Waals surface area contributed by atoms with Crippen molar-refractivity contribution in [2.24, 2.45) is 0 Å². The van der Waals surface area contributed by atoms with Crippen LogP contribution in [0.15, 0.2) is 18.2 Å². The molecule has 0 amide bonds. The summed E-state index contributed by atoms with van der Waals surface area (Å²) in [4.78, 5) is 2.36. The molecule has 0 spiro atoms. The lowest BCUT2D eigenvalue weighted by atomic mass is 9.93. The van der Waals surface area contributed by atoms with Gasteiger partial charge in [0.2, 0.25) is 0 Å². The highest BCUT2D eigenvalue weighted by Crippen LogP contribution is 2.30. The Morgan fingerprint density at radius 1 is 1.19 bits per heavy atom. The number of hydrogen-bond donors (Lipinski definition) is 2. The van der Waals surface area contributed by atoms with Gasteiger partial charge in [-0.15, -0.1) is 0 Å². The predicted molar refractivity (Wildman–Crippen MR) is 68.9 cm³/mol. The SMILES string of the molecule is Nc1cc(N2CCC2)ccc1NC1CCC1. The molecule has 1 saturated carbocycles. The zero-order valence-corrected chi connectivity index (χ0v) is 9.58. The zero-order valence-electron chi connectivity index (χ0n) is 9.58. The highest BCUT2D eigenvalue weighted by Gasteiger charge is 2.19. The highest BCUT2D eigenvalue weighted by molar-refractivity contribution is 5.72. The van der Waals surface area contributed by atoms with E-state index >= 15 is 0 Å². The molecule has 1 aliphatic heterocycles. The van der Waals surface area contributed by atoms with Gasteiger partial charge in [-0.05, 0) is 43.9 Å². The number of benzene rings is 1. The molecule has 16 heavy (non-hydrogen) atoms. The van der Waals surface area contributed by atoms with Gasteiger partial charge in [0, 0.05) is 24.8 Å². The molecule has 2 aliphatic rings. The second kappa shape index (κ2) is 3.89. The summed E-state index contributed by atoms with van der Waals surface area (Å²) in [6.07, 6.45) is 5.23. The fourth-order valence-electron chi connectivity index (χ4n) is 2.23. The van der Waals surface area contributed by atoms with Crippen molar-refractivity contribution in [3.63, 3.8) is 0 Å². The van der Waals surface area contributed by atoms with Crippen LogP contribution in [0, 0.1) is 0 Å². The van der Waals surface area contributed by atoms with E-state index in [0.717, 1.165) is 11.4 Å². The second-order valence-corrected chi connectivity index (χ2v) is 4.88. The molecule has 1 heterocycles. The third kappa shape index (κ3) is 1.70. The fraction of sp³-hybridized carbons (Fsp3) is 0.538. The summed E-state index contributed by atoms with van der Waals surface area (Å²) < 4.78 is 0. The highest BCUT2D eigenvalue weighted by atomic mass is 15.2. The maximum Gasteiger partial charge on any atom is 0.0577 e. The Morgan fingerprint density at radius 2 is 2.00 bits per heavy atom. The molecule has 0 aromatic heterocycles. The van der Waals surface area contributed by atoms with E-state index < -0.39 is 0 Å². The summed E-state index contributed by atoms with van der Waals surface area (Å²) in [6, 6.07) is 7.05. The largest absolute Gasteiger partial charge is 0.397 e. The molecule has 1 aromatic carbocycles. The molecule has 0 atom stereocenters. The smallest absolute Gasteiger partial charge is 0.0577 e. The monoisotopic (exact) mass is 217 g/mol. The number of nitrogens with one attached hydrogen (secondary N) is 1. The molecular weight excluding hydrogens is 198 g/mol. The van der Waals surface area contributed by atoms with Gasteiger partial charge in [-0.25, -0.2) is 0 Å². The molecule has 3 heteroatoms. The van der Waals surface area contributed by atoms with Crippen molar-refractivity contribution in [3.8, 4) is 0 Å². The van der Waals surface area contributed by atoms with E-state index in [4.69, 9.17) is 5.73 Å². The zero-order chi connectivity index (χ0) is 11.0. The van der Waals surface area contributed by atoms with Gasteiger partial charge in [-0.3, -0.25) is 0 Å². The Bertz CT molecular complexity index is 381. The molecule has 0 unspecified atom stereocenters. The Balaban J connectivity index is 1.73. The molecule has 86 valence electrons. The average Bonchev–Trinajstić information content (AvgIpc) is 2.11. The fourth-order valence-corrected chi connectivity index (χ4v) is 2.23. The van der Waals surface area contributed by atoms with Crippen LogP contribution >= 0.6 is 0 Å². The van der Waals surface area contributed by atoms with Crippen molar-refractivity contribution in [1.29, 1.82) is 0 Å². The normalized spacial score (nSPS) is 20.1. The molecule has 3 N–H and O–H groups in total. The lowest BCUT2D eigenvalue weighted by molar-refractivity contribution is 0.446. The van der Waals surface area contributed by atoms with Crippen molar-refractivity contribution in [1.82, 2.24) is 0 Å². The summed E-state index contributed by atoms with van der Waals surface area (Å²) in [6.45, 7) is 2.35. The van der Waals surface area contributed by atoms with E-state index in [1.165, 1.54) is 44.5 Å². The van der Waals surface area contributed by atoms with Crippen LogP contribution in [0.4, 0.5) is 17.1 Å². The minimum Gasteiger partial charge on any atom is -0.397 e. The molecular formula is C13H19N3. The number of nitrogens with zero attached hydrogens (tertiary/aromatic N) is 1. The van der Waals surface area contributed by atoms with Crippen LogP contribution in [-0.4, -0.2) is 19.1 Å². The summed E-state index contributed by atoms with van der Waals surface area (Å²) >= 11 is 0. The van der Waals surface area contributed by atoms with Gasteiger partial charge in [-0.1, -0.05) is 0 Å². The first kappa shape index (κ1) is 9.82. The van der Waals surface area contributed by atoms with Gasteiger partial charge < -0.3 is 16.0 Å². The van der Waals surface area contributed by atoms with Gasteiger partial charge in [0.25, 0.3) is 0 Å². The van der Waals surface area contributed by atoms with Crippen LogP contribution in [-0.2, 0) is 0 Å². The summed E-state index contributed by atoms with van der Waals surface area (Å²) in [5.74, 6) is 0. The third-order valence-corrected chi connectivity index (χ3v) is 3.72. The summed E-state index contributed by atoms with van der Waals surface area (Å²) in [5.41, 5.74) is 9.33. The topological polar surface area (TPSA) is 41.3 Å². The lowest BCUT2D eigenvalue weighted by Gasteiger charge is -2.34. The molecule has 2 fully saturated rings. The predicted octanol–water partition coefficient (Wildman–Crippen LogP) is 2.44. The summed E-state index contributed by atoms with van der Waals surface area (Å²) in [5, 5.41) is 3.51. The first-order valence-corrected chi connectivity index (χ1v) is 6.24. The number of nitrogens with two attached hydrogens (primary N) is 1. The van der Waals surface area contributed by atoms with Crippen molar-refractivity contribution < 1.29 is 0 Å². The van der Waals surface area contributed by atoms with Crippen molar-refractivity contribution in [2.45, 2.75) is 31.7 Å². The third-order valence-electron chi connectivity index (χ3n) is 3.72. The number of anilines is 3. The van der Waals surface area contributed by atoms with E-state index in [1.54, 1.807) is 0 Å². The van der Waals surface area contributed by atoms with Crippen LogP contribution in [0.5, 0.6) is 0 Å². The average molecular weight is 217 g/mol. The number of nitrogen functional groups attached to an aromatic ring is 1. The quantitative estimate of drug-likeness (QED) is 0.764. The first-order valence-electron chi connectivity index (χ1n) is 6.24. The van der Waals surface area contributed by atoms with Gasteiger partial charge >= 0.3 is 0 Å². The Morgan fingerprint density at radius 3 is 2.50 bits per heavy atom. The van der Waals surface area contributed by atoms with Crippen LogP contribution < -0.4 is 16.0 Å². The van der Waals surface area contributed by atoms with Gasteiger partial charge in [0.05, 0.1) is 11.4 Å². The molecule has 0 radical (unpaired) electrons. The van der Waals surface area contributed by atoms with Crippen LogP contribution in [0.3, 0.4) is 0 Å². The minimum atomic E-state index is 0.650. The van der Waals surface area contributed by atoms with Gasteiger partial charge in [0.15, 0.2) is 0 Å². The maximum absolute atomic E-state index is 6.08. The van der Waals surface area contributed by atoms with E-state index in [2.05, 4.69) is 28.4 Å². The molecule has 3 rings (SSSR count). The summed E-state index contributed by atoms with van der Waals surface area (Å²) in [7, 11) is 0. The Kier molecular flexibility index (Phi) is 2.39. The minimum absolute atomic E-state index is 0.650. The molecule has 1 saturated heterocycles. The van der Waals surface area contributed by atoms with Crippen LogP contribution in [0.25, 0.3) is 0 Å². The number of hydrogen-bond acceptors (Lipinski definition) is 3. The van der Waals surface area contributed by atoms with E-state index in [1.807, 2.05) is 0 Å². The number of rotatable bonds is 3. The van der Waals surface area contributed by atoms with Crippen molar-refractivity contribution in [2.75, 3.05) is 29.0 Å². The van der Waals surface area contributed by atoms with E-state index in [-0.39, 0.29) is 0 Å². The van der Waals surface area contributed by atoms with E-state index in [0.29, 0.717) is 6.04 Å². The second-order valence-electron chi connectivity index (χ2n) is 4.88. The standard InChI is InChI=1S/C13H19N3/c14-12-9-11(16-7-2-8-16)5-6-13(12)15-10-3-1-4-10/h5-6,9-10,15H,1-4,7-8,14H2. The van der Waals surface area contributed by atoms with Crippen molar-refractivity contribution in [3.05, 3.63) is 18.2 Å². The lowest BCUT2D eigenvalue weighted by Crippen LogP contribution is -2.37.